The molecule has 0 spiro atoms. The molecule has 2 atom stereocenters. The zero-order valence-electron chi connectivity index (χ0n) is 11.4. The van der Waals surface area contributed by atoms with Crippen molar-refractivity contribution >= 4 is 17.3 Å². The van der Waals surface area contributed by atoms with Gasteiger partial charge in [-0.15, -0.1) is 0 Å². The number of aromatic nitrogens is 2. The second kappa shape index (κ2) is 6.47. The van der Waals surface area contributed by atoms with Crippen molar-refractivity contribution in [2.75, 3.05) is 23.7 Å². The molecule has 1 aliphatic carbocycles. The summed E-state index contributed by atoms with van der Waals surface area (Å²) in [4.78, 5) is 18.5. The van der Waals surface area contributed by atoms with Gasteiger partial charge in [0.2, 0.25) is 11.6 Å². The van der Waals surface area contributed by atoms with Gasteiger partial charge in [0, 0.05) is 19.0 Å². The molecule has 8 heteroatoms. The summed E-state index contributed by atoms with van der Waals surface area (Å²) in [7, 11) is 0. The van der Waals surface area contributed by atoms with Gasteiger partial charge in [0.05, 0.1) is 11.0 Å². The normalized spacial score (nSPS) is 21.7. The number of nitro groups is 1. The molecule has 0 amide bonds. The monoisotopic (exact) mass is 281 g/mol. The van der Waals surface area contributed by atoms with Crippen LogP contribution in [0.4, 0.5) is 17.3 Å². The Kier molecular flexibility index (Phi) is 4.67. The highest BCUT2D eigenvalue weighted by Gasteiger charge is 2.27. The summed E-state index contributed by atoms with van der Waals surface area (Å²) in [5.41, 5.74) is -0.151. The third-order valence-corrected chi connectivity index (χ3v) is 3.50. The summed E-state index contributed by atoms with van der Waals surface area (Å²) in [6, 6.07) is 0. The van der Waals surface area contributed by atoms with E-state index in [2.05, 4.69) is 20.6 Å². The van der Waals surface area contributed by atoms with E-state index >= 15 is 0 Å². The minimum absolute atomic E-state index is 0.118. The molecule has 0 saturated heterocycles. The molecular formula is C12H19N5O3. The van der Waals surface area contributed by atoms with Crippen molar-refractivity contribution in [3.63, 3.8) is 0 Å². The predicted octanol–water partition coefficient (Wildman–Crippen LogP) is 1.39. The Hall–Kier alpha value is -1.96. The van der Waals surface area contributed by atoms with E-state index in [1.807, 2.05) is 6.92 Å². The fourth-order valence-corrected chi connectivity index (χ4v) is 2.46. The quantitative estimate of drug-likeness (QED) is 0.533. The van der Waals surface area contributed by atoms with Gasteiger partial charge in [0.25, 0.3) is 0 Å². The molecule has 0 aromatic carbocycles. The Morgan fingerprint density at radius 3 is 2.65 bits per heavy atom. The highest BCUT2D eigenvalue weighted by atomic mass is 16.6. The van der Waals surface area contributed by atoms with E-state index in [-0.39, 0.29) is 29.3 Å². The summed E-state index contributed by atoms with van der Waals surface area (Å²) < 4.78 is 0. The van der Waals surface area contributed by atoms with Crippen molar-refractivity contribution in [3.8, 4) is 0 Å². The van der Waals surface area contributed by atoms with Gasteiger partial charge in [0.1, 0.15) is 6.33 Å². The van der Waals surface area contributed by atoms with Gasteiger partial charge in [-0.3, -0.25) is 10.1 Å². The van der Waals surface area contributed by atoms with E-state index in [4.69, 9.17) is 0 Å². The first-order valence-corrected chi connectivity index (χ1v) is 6.78. The molecule has 0 bridgehead atoms. The fourth-order valence-electron chi connectivity index (χ4n) is 2.46. The van der Waals surface area contributed by atoms with Crippen molar-refractivity contribution in [2.45, 2.75) is 32.3 Å². The summed E-state index contributed by atoms with van der Waals surface area (Å²) in [6.07, 6.45) is 3.66. The smallest absolute Gasteiger partial charge is 0.353 e. The van der Waals surface area contributed by atoms with Crippen LogP contribution in [0.5, 0.6) is 0 Å². The number of hydrogen-bond donors (Lipinski definition) is 3. The predicted molar refractivity (Wildman–Crippen MR) is 74.7 cm³/mol. The number of aliphatic hydroxyl groups excluding tert-OH is 1. The van der Waals surface area contributed by atoms with E-state index < -0.39 is 4.92 Å². The molecule has 1 aliphatic rings. The second-order valence-electron chi connectivity index (χ2n) is 4.85. The molecule has 1 heterocycles. The van der Waals surface area contributed by atoms with Gasteiger partial charge in [-0.25, -0.2) is 9.97 Å². The van der Waals surface area contributed by atoms with Crippen molar-refractivity contribution in [1.29, 1.82) is 0 Å². The maximum Gasteiger partial charge on any atom is 0.353 e. The number of nitrogens with one attached hydrogen (secondary N) is 2. The Labute approximate surface area is 116 Å². The fraction of sp³-hybridized carbons (Fsp3) is 0.667. The van der Waals surface area contributed by atoms with E-state index in [0.29, 0.717) is 13.1 Å². The first kappa shape index (κ1) is 14.4. The molecule has 1 aromatic heterocycles. The van der Waals surface area contributed by atoms with Gasteiger partial charge >= 0.3 is 5.69 Å². The molecule has 0 aliphatic heterocycles. The molecule has 8 nitrogen and oxygen atoms in total. The van der Waals surface area contributed by atoms with Gasteiger partial charge in [-0.05, 0) is 19.8 Å². The molecule has 2 rings (SSSR count). The average Bonchev–Trinajstić information content (AvgIpc) is 2.82. The lowest BCUT2D eigenvalue weighted by molar-refractivity contribution is -0.383. The summed E-state index contributed by atoms with van der Waals surface area (Å²) >= 11 is 0. The van der Waals surface area contributed by atoms with Crippen molar-refractivity contribution < 1.29 is 10.0 Å². The van der Waals surface area contributed by atoms with Crippen LogP contribution in [0.2, 0.25) is 0 Å². The lowest BCUT2D eigenvalue weighted by Gasteiger charge is -2.15. The van der Waals surface area contributed by atoms with Crippen LogP contribution in [-0.4, -0.2) is 39.2 Å². The molecule has 1 aromatic rings. The SMILES string of the molecule is CCNc1ncnc(NCC2CCCC2O)c1[N+](=O)[O-]. The molecule has 1 fully saturated rings. The number of nitrogens with zero attached hydrogens (tertiary/aromatic N) is 3. The highest BCUT2D eigenvalue weighted by molar-refractivity contribution is 5.69. The van der Waals surface area contributed by atoms with Crippen LogP contribution in [0.25, 0.3) is 0 Å². The molecule has 1 saturated carbocycles. The van der Waals surface area contributed by atoms with Crippen LogP contribution in [0.3, 0.4) is 0 Å². The van der Waals surface area contributed by atoms with Crippen LogP contribution >= 0.6 is 0 Å². The minimum atomic E-state index is -0.495. The number of rotatable bonds is 6. The van der Waals surface area contributed by atoms with E-state index in [0.717, 1.165) is 19.3 Å². The lowest BCUT2D eigenvalue weighted by atomic mass is 10.1. The molecule has 3 N–H and O–H groups in total. The summed E-state index contributed by atoms with van der Waals surface area (Å²) in [6.45, 7) is 2.86. The topological polar surface area (TPSA) is 113 Å². The Morgan fingerprint density at radius 2 is 2.10 bits per heavy atom. The Morgan fingerprint density at radius 1 is 1.40 bits per heavy atom. The number of hydrogen-bond acceptors (Lipinski definition) is 7. The molecule has 110 valence electrons. The van der Waals surface area contributed by atoms with Crippen molar-refractivity contribution in [2.24, 2.45) is 5.92 Å². The maximum atomic E-state index is 11.2. The first-order chi connectivity index (χ1) is 9.63. The van der Waals surface area contributed by atoms with Crippen molar-refractivity contribution in [1.82, 2.24) is 9.97 Å². The minimum Gasteiger partial charge on any atom is -0.393 e. The zero-order valence-corrected chi connectivity index (χ0v) is 11.4. The molecule has 20 heavy (non-hydrogen) atoms. The number of aliphatic hydroxyl groups is 1. The van der Waals surface area contributed by atoms with E-state index in [9.17, 15) is 15.2 Å². The third kappa shape index (κ3) is 3.13. The van der Waals surface area contributed by atoms with E-state index in [1.54, 1.807) is 0 Å². The summed E-state index contributed by atoms with van der Waals surface area (Å²) in [5, 5.41) is 26.8. The highest BCUT2D eigenvalue weighted by Crippen LogP contribution is 2.30. The van der Waals surface area contributed by atoms with Gasteiger partial charge in [-0.2, -0.15) is 0 Å². The molecule has 2 unspecified atom stereocenters. The number of anilines is 2. The van der Waals surface area contributed by atoms with Crippen LogP contribution in [0, 0.1) is 16.0 Å². The standard InChI is InChI=1S/C12H19N5O3/c1-2-13-11-10(17(19)20)12(16-7-15-11)14-6-8-4-3-5-9(8)18/h7-9,18H,2-6H2,1H3,(H2,13,14,15,16). The lowest BCUT2D eigenvalue weighted by Crippen LogP contribution is -2.23. The average molecular weight is 281 g/mol. The molecule has 0 radical (unpaired) electrons. The Bertz CT molecular complexity index is 482. The van der Waals surface area contributed by atoms with Crippen molar-refractivity contribution in [3.05, 3.63) is 16.4 Å². The summed E-state index contributed by atoms with van der Waals surface area (Å²) in [5.74, 6) is 0.522. The Balaban J connectivity index is 2.13. The zero-order chi connectivity index (χ0) is 14.5. The van der Waals surface area contributed by atoms with Gasteiger partial charge in [0.15, 0.2) is 0 Å². The second-order valence-corrected chi connectivity index (χ2v) is 4.85. The van der Waals surface area contributed by atoms with Gasteiger partial charge in [-0.1, -0.05) is 6.42 Å². The third-order valence-electron chi connectivity index (χ3n) is 3.50. The van der Waals surface area contributed by atoms with Crippen LogP contribution < -0.4 is 10.6 Å². The maximum absolute atomic E-state index is 11.2. The van der Waals surface area contributed by atoms with E-state index in [1.165, 1.54) is 6.33 Å². The largest absolute Gasteiger partial charge is 0.393 e. The molecular weight excluding hydrogens is 262 g/mol. The van der Waals surface area contributed by atoms with Gasteiger partial charge < -0.3 is 15.7 Å². The first-order valence-electron chi connectivity index (χ1n) is 6.78. The van der Waals surface area contributed by atoms with Crippen LogP contribution in [-0.2, 0) is 0 Å². The van der Waals surface area contributed by atoms with Crippen LogP contribution in [0.1, 0.15) is 26.2 Å². The van der Waals surface area contributed by atoms with Crippen LogP contribution in [0.15, 0.2) is 6.33 Å².